The zero-order chi connectivity index (χ0) is 11.1. The maximum Gasteiger partial charge on any atom is 0.213 e. The van der Waals surface area contributed by atoms with Gasteiger partial charge in [0, 0.05) is 24.1 Å². The number of hydrogen-bond acceptors (Lipinski definition) is 3. The Hall–Kier alpha value is -1.64. The van der Waals surface area contributed by atoms with Crippen LogP contribution in [0.15, 0.2) is 24.3 Å². The highest BCUT2D eigenvalue weighted by Gasteiger charge is 2.36. The highest BCUT2D eigenvalue weighted by molar-refractivity contribution is 5.92. The van der Waals surface area contributed by atoms with Gasteiger partial charge in [-0.15, -0.1) is 0 Å². The van der Waals surface area contributed by atoms with Crippen LogP contribution in [-0.2, 0) is 11.2 Å². The molecule has 0 saturated heterocycles. The number of nitrogens with zero attached hydrogens (tertiary/aromatic N) is 1. The zero-order valence-electron chi connectivity index (χ0n) is 9.14. The smallest absolute Gasteiger partial charge is 0.213 e. The summed E-state index contributed by atoms with van der Waals surface area (Å²) in [5.74, 6) is 1.04. The van der Waals surface area contributed by atoms with Crippen LogP contribution in [0.2, 0.25) is 0 Å². The van der Waals surface area contributed by atoms with Crippen LogP contribution in [0.25, 0.3) is 0 Å². The Kier molecular flexibility index (Phi) is 2.06. The second-order valence-corrected chi connectivity index (χ2v) is 4.33. The first-order valence-corrected chi connectivity index (χ1v) is 5.54. The number of aromatic nitrogens is 1. The van der Waals surface area contributed by atoms with E-state index in [2.05, 4.69) is 11.1 Å². The van der Waals surface area contributed by atoms with Crippen molar-refractivity contribution in [2.75, 3.05) is 7.11 Å². The fourth-order valence-corrected chi connectivity index (χ4v) is 2.57. The lowest BCUT2D eigenvalue weighted by atomic mass is 9.73. The summed E-state index contributed by atoms with van der Waals surface area (Å²) in [6, 6.07) is 3.80. The van der Waals surface area contributed by atoms with Crippen molar-refractivity contribution >= 4 is 5.78 Å². The Labute approximate surface area is 94.1 Å². The first-order chi connectivity index (χ1) is 7.79. The molecule has 0 saturated carbocycles. The summed E-state index contributed by atoms with van der Waals surface area (Å²) in [6.07, 6.45) is 5.73. The molecule has 1 heterocycles. The molecular weight excluding hydrogens is 202 g/mol. The van der Waals surface area contributed by atoms with Gasteiger partial charge in [-0.1, -0.05) is 18.2 Å². The van der Waals surface area contributed by atoms with Gasteiger partial charge in [0.2, 0.25) is 5.88 Å². The van der Waals surface area contributed by atoms with Gasteiger partial charge in [-0.3, -0.25) is 4.79 Å². The van der Waals surface area contributed by atoms with Gasteiger partial charge in [0.05, 0.1) is 13.0 Å². The second-order valence-electron chi connectivity index (χ2n) is 4.33. The molecule has 0 fully saturated rings. The van der Waals surface area contributed by atoms with Crippen molar-refractivity contribution in [3.63, 3.8) is 0 Å². The maximum absolute atomic E-state index is 12.0. The van der Waals surface area contributed by atoms with E-state index in [4.69, 9.17) is 4.74 Å². The van der Waals surface area contributed by atoms with Crippen molar-refractivity contribution in [1.82, 2.24) is 4.98 Å². The summed E-state index contributed by atoms with van der Waals surface area (Å²) < 4.78 is 5.12. The van der Waals surface area contributed by atoms with Gasteiger partial charge in [-0.2, -0.15) is 0 Å². The van der Waals surface area contributed by atoms with Crippen LogP contribution < -0.4 is 4.74 Å². The molecule has 82 valence electrons. The number of allylic oxidation sites excluding steroid dienone is 2. The molecule has 0 amide bonds. The van der Waals surface area contributed by atoms with E-state index >= 15 is 0 Å². The molecule has 0 spiro atoms. The first-order valence-electron chi connectivity index (χ1n) is 5.54. The number of pyridine rings is 1. The lowest BCUT2D eigenvalue weighted by Gasteiger charge is -2.30. The molecule has 0 N–H and O–H groups in total. The highest BCUT2D eigenvalue weighted by Crippen LogP contribution is 2.37. The Morgan fingerprint density at radius 1 is 1.44 bits per heavy atom. The van der Waals surface area contributed by atoms with E-state index < -0.39 is 0 Å². The van der Waals surface area contributed by atoms with Crippen LogP contribution in [0, 0.1) is 5.92 Å². The summed E-state index contributed by atoms with van der Waals surface area (Å²) in [5.41, 5.74) is 2.08. The summed E-state index contributed by atoms with van der Waals surface area (Å²) in [5, 5.41) is 0. The molecule has 2 atom stereocenters. The number of Topliss-reactive ketones (excluding diaryl/α,β-unsaturated/α-hetero) is 1. The molecule has 3 heteroatoms. The van der Waals surface area contributed by atoms with Crippen LogP contribution in [-0.4, -0.2) is 17.9 Å². The minimum atomic E-state index is -0.0686. The summed E-state index contributed by atoms with van der Waals surface area (Å²) >= 11 is 0. The molecule has 2 bridgehead atoms. The molecule has 2 aliphatic carbocycles. The third kappa shape index (κ3) is 1.28. The normalized spacial score (nSPS) is 26.4. The van der Waals surface area contributed by atoms with E-state index in [1.54, 1.807) is 7.11 Å². The van der Waals surface area contributed by atoms with Gasteiger partial charge in [0.1, 0.15) is 5.78 Å². The number of rotatable bonds is 1. The number of fused-ring (bicyclic) bond motifs is 4. The molecule has 3 rings (SSSR count). The summed E-state index contributed by atoms with van der Waals surface area (Å²) in [6.45, 7) is 0. The number of methoxy groups -OCH3 is 1. The molecule has 1 aromatic heterocycles. The van der Waals surface area contributed by atoms with E-state index in [0.29, 0.717) is 11.7 Å². The molecule has 3 nitrogen and oxygen atoms in total. The van der Waals surface area contributed by atoms with Crippen LogP contribution >= 0.6 is 0 Å². The van der Waals surface area contributed by atoms with Gasteiger partial charge in [0.15, 0.2) is 0 Å². The quantitative estimate of drug-likeness (QED) is 0.671. The van der Waals surface area contributed by atoms with Gasteiger partial charge >= 0.3 is 0 Å². The largest absolute Gasteiger partial charge is 0.481 e. The average Bonchev–Trinajstić information content (AvgIpc) is 2.29. The Balaban J connectivity index is 2.12. The topological polar surface area (TPSA) is 39.2 Å². The Bertz CT molecular complexity index is 479. The van der Waals surface area contributed by atoms with E-state index in [0.717, 1.165) is 24.1 Å². The van der Waals surface area contributed by atoms with E-state index in [-0.39, 0.29) is 11.8 Å². The number of ether oxygens (including phenoxy) is 1. The zero-order valence-corrected chi connectivity index (χ0v) is 9.14. The number of carbonyl (C=O) groups is 1. The van der Waals surface area contributed by atoms with E-state index in [1.165, 1.54) is 0 Å². The molecular formula is C13H13NO2. The maximum atomic E-state index is 12.0. The third-order valence-electron chi connectivity index (χ3n) is 3.43. The van der Waals surface area contributed by atoms with Crippen molar-refractivity contribution in [3.8, 4) is 5.88 Å². The van der Waals surface area contributed by atoms with Crippen molar-refractivity contribution in [3.05, 3.63) is 35.5 Å². The van der Waals surface area contributed by atoms with Crippen molar-refractivity contribution in [2.24, 2.45) is 5.92 Å². The first kappa shape index (κ1) is 9.58. The van der Waals surface area contributed by atoms with E-state index in [1.807, 2.05) is 18.2 Å². The number of ketones is 1. The lowest BCUT2D eigenvalue weighted by molar-refractivity contribution is -0.124. The fourth-order valence-electron chi connectivity index (χ4n) is 2.57. The summed E-state index contributed by atoms with van der Waals surface area (Å²) in [4.78, 5) is 16.5. The Morgan fingerprint density at radius 3 is 3.12 bits per heavy atom. The van der Waals surface area contributed by atoms with Crippen LogP contribution in [0.4, 0.5) is 0 Å². The lowest BCUT2D eigenvalue weighted by Crippen LogP contribution is -2.31. The molecule has 1 aromatic rings. The van der Waals surface area contributed by atoms with Gasteiger partial charge in [-0.25, -0.2) is 4.98 Å². The number of hydrogen-bond donors (Lipinski definition) is 0. The summed E-state index contributed by atoms with van der Waals surface area (Å²) in [7, 11) is 1.61. The predicted octanol–water partition coefficient (Wildman–Crippen LogP) is 1.88. The third-order valence-corrected chi connectivity index (χ3v) is 3.43. The molecule has 0 radical (unpaired) electrons. The standard InChI is InChI=1S/C13H13NO2/c1-16-12-6-5-9-10-4-2-3-8(13(10)15)7-11(9)14-12/h2,4-6,8,10H,3,7H2,1H3/t8-,10+/m0/s1. The van der Waals surface area contributed by atoms with Crippen LogP contribution in [0.5, 0.6) is 5.88 Å². The van der Waals surface area contributed by atoms with Gasteiger partial charge in [0.25, 0.3) is 0 Å². The SMILES string of the molecule is COc1ccc2c(n1)C[C@@H]1CC=C[C@H]2C1=O. The highest BCUT2D eigenvalue weighted by atomic mass is 16.5. The van der Waals surface area contributed by atoms with Crippen molar-refractivity contribution < 1.29 is 9.53 Å². The van der Waals surface area contributed by atoms with Crippen LogP contribution in [0.1, 0.15) is 23.6 Å². The molecule has 0 aromatic carbocycles. The molecule has 0 unspecified atom stereocenters. The second kappa shape index (κ2) is 3.44. The van der Waals surface area contributed by atoms with Crippen molar-refractivity contribution in [2.45, 2.75) is 18.8 Å². The Morgan fingerprint density at radius 2 is 2.31 bits per heavy atom. The molecule has 0 aliphatic heterocycles. The number of carbonyl (C=O) groups excluding carboxylic acids is 1. The fraction of sp³-hybridized carbons (Fsp3) is 0.385. The molecule has 16 heavy (non-hydrogen) atoms. The minimum absolute atomic E-state index is 0.0686. The molecule has 2 aliphatic rings. The van der Waals surface area contributed by atoms with Crippen LogP contribution in [0.3, 0.4) is 0 Å². The minimum Gasteiger partial charge on any atom is -0.481 e. The predicted molar refractivity (Wildman–Crippen MR) is 59.5 cm³/mol. The van der Waals surface area contributed by atoms with Crippen molar-refractivity contribution in [1.29, 1.82) is 0 Å². The van der Waals surface area contributed by atoms with Gasteiger partial charge < -0.3 is 4.74 Å². The van der Waals surface area contributed by atoms with Gasteiger partial charge in [-0.05, 0) is 12.0 Å². The monoisotopic (exact) mass is 215 g/mol. The average molecular weight is 215 g/mol. The van der Waals surface area contributed by atoms with E-state index in [9.17, 15) is 4.79 Å².